The number of carbonyl (C=O) groups excluding carboxylic acids is 1. The first kappa shape index (κ1) is 15.4. The second kappa shape index (κ2) is 4.92. The molecule has 3 saturated carbocycles. The third-order valence-electron chi connectivity index (χ3n) is 7.89. The Morgan fingerprint density at radius 2 is 1.95 bits per heavy atom. The lowest BCUT2D eigenvalue weighted by Gasteiger charge is -2.58. The van der Waals surface area contributed by atoms with E-state index in [-0.39, 0.29) is 16.9 Å². The number of aliphatic hydroxyl groups is 1. The van der Waals surface area contributed by atoms with Gasteiger partial charge in [-0.25, -0.2) is 0 Å². The summed E-state index contributed by atoms with van der Waals surface area (Å²) in [5.74, 6) is 2.38. The molecule has 4 aliphatic rings. The minimum Gasteiger partial charge on any atom is -0.393 e. The van der Waals surface area contributed by atoms with E-state index in [2.05, 4.69) is 29.8 Å². The Labute approximate surface area is 141 Å². The Morgan fingerprint density at radius 1 is 1.18 bits per heavy atom. The van der Waals surface area contributed by atoms with Crippen molar-refractivity contribution in [3.63, 3.8) is 0 Å². The minimum absolute atomic E-state index is 0.107. The van der Waals surface area contributed by atoms with Crippen LogP contribution in [-0.2, 0) is 4.79 Å². The summed E-state index contributed by atoms with van der Waals surface area (Å²) in [7, 11) is 0. The molecule has 3 heteroatoms. The molecule has 0 aromatic rings. The maximum Gasteiger partial charge on any atom is 0.155 e. The van der Waals surface area contributed by atoms with Crippen molar-refractivity contribution in [1.29, 1.82) is 0 Å². The summed E-state index contributed by atoms with van der Waals surface area (Å²) in [5.41, 5.74) is 1.70. The molecule has 0 saturated heterocycles. The highest BCUT2D eigenvalue weighted by Gasteiger charge is 2.60. The van der Waals surface area contributed by atoms with Gasteiger partial charge in [0.25, 0.3) is 0 Å². The maximum atomic E-state index is 11.9. The van der Waals surface area contributed by atoms with Gasteiger partial charge in [-0.2, -0.15) is 0 Å². The first-order valence-corrected chi connectivity index (χ1v) is 9.85. The van der Waals surface area contributed by atoms with Crippen LogP contribution in [-0.4, -0.2) is 21.8 Å². The van der Waals surface area contributed by atoms with Crippen molar-refractivity contribution in [2.75, 3.05) is 0 Å². The second-order valence-corrected chi connectivity index (χ2v) is 9.81. The first-order valence-electron chi connectivity index (χ1n) is 8.93. The average molecular weight is 367 g/mol. The molecule has 0 aliphatic heterocycles. The van der Waals surface area contributed by atoms with E-state index in [1.807, 2.05) is 6.08 Å². The standard InChI is InChI=1S/C19H27BrO2/c1-18-7-5-11(21)9-15(18)16(20)10-12-13-3-4-17(22)19(13,2)8-6-14(12)18/h9,12-14,16-17,22H,3-8,10H2,1-2H3/t12-,13-,14-,16?,17-,18+,19-/m0/s1. The Bertz CT molecular complexity index is 542. The number of hydrogen-bond acceptors (Lipinski definition) is 2. The van der Waals surface area contributed by atoms with E-state index in [1.54, 1.807) is 0 Å². The molecule has 122 valence electrons. The number of rotatable bonds is 0. The SMILES string of the molecule is C[C@]12CC[C@H]3[C@@H](CC(Br)C4=CC(=O)CC[C@@]43C)[C@@H]1CC[C@@H]2O. The van der Waals surface area contributed by atoms with Crippen LogP contribution in [0.5, 0.6) is 0 Å². The molecule has 0 aromatic carbocycles. The van der Waals surface area contributed by atoms with Crippen LogP contribution in [0, 0.1) is 28.6 Å². The third-order valence-corrected chi connectivity index (χ3v) is 8.76. The van der Waals surface area contributed by atoms with E-state index >= 15 is 0 Å². The van der Waals surface area contributed by atoms with Gasteiger partial charge in [0.2, 0.25) is 0 Å². The first-order chi connectivity index (χ1) is 10.4. The molecule has 1 unspecified atom stereocenters. The molecule has 2 nitrogen and oxygen atoms in total. The van der Waals surface area contributed by atoms with Crippen LogP contribution < -0.4 is 0 Å². The smallest absolute Gasteiger partial charge is 0.155 e. The van der Waals surface area contributed by atoms with Gasteiger partial charge in [-0.05, 0) is 78.8 Å². The lowest BCUT2D eigenvalue weighted by molar-refractivity contribution is -0.117. The topological polar surface area (TPSA) is 37.3 Å². The van der Waals surface area contributed by atoms with Gasteiger partial charge in [0.05, 0.1) is 6.10 Å². The lowest BCUT2D eigenvalue weighted by atomic mass is 9.47. The fourth-order valence-corrected chi connectivity index (χ4v) is 7.62. The molecule has 0 aromatic heterocycles. The van der Waals surface area contributed by atoms with Gasteiger partial charge in [-0.15, -0.1) is 0 Å². The zero-order chi connectivity index (χ0) is 15.7. The molecule has 0 spiro atoms. The Hall–Kier alpha value is -0.150. The number of halogens is 1. The number of fused-ring (bicyclic) bond motifs is 5. The van der Waals surface area contributed by atoms with Gasteiger partial charge in [0, 0.05) is 11.2 Å². The highest BCUT2D eigenvalue weighted by molar-refractivity contribution is 9.09. The van der Waals surface area contributed by atoms with Crippen LogP contribution in [0.15, 0.2) is 11.6 Å². The third kappa shape index (κ3) is 1.90. The van der Waals surface area contributed by atoms with Crippen molar-refractivity contribution in [2.45, 2.75) is 69.7 Å². The Morgan fingerprint density at radius 3 is 2.73 bits per heavy atom. The van der Waals surface area contributed by atoms with Gasteiger partial charge in [-0.3, -0.25) is 4.79 Å². The van der Waals surface area contributed by atoms with Gasteiger partial charge in [0.15, 0.2) is 5.78 Å². The second-order valence-electron chi connectivity index (χ2n) is 8.70. The number of ketones is 1. The molecule has 0 heterocycles. The minimum atomic E-state index is -0.107. The predicted molar refractivity (Wildman–Crippen MR) is 90.8 cm³/mol. The quantitative estimate of drug-likeness (QED) is 0.650. The molecule has 0 amide bonds. The van der Waals surface area contributed by atoms with Crippen molar-refractivity contribution in [3.05, 3.63) is 11.6 Å². The molecular formula is C19H27BrO2. The maximum absolute atomic E-state index is 11.9. The highest BCUT2D eigenvalue weighted by Crippen LogP contribution is 2.65. The van der Waals surface area contributed by atoms with Crippen LogP contribution in [0.25, 0.3) is 0 Å². The summed E-state index contributed by atoms with van der Waals surface area (Å²) in [6.07, 6.45) is 9.27. The average Bonchev–Trinajstić information content (AvgIpc) is 2.77. The van der Waals surface area contributed by atoms with E-state index < -0.39 is 0 Å². The van der Waals surface area contributed by atoms with Gasteiger partial charge in [0.1, 0.15) is 0 Å². The van der Waals surface area contributed by atoms with Crippen molar-refractivity contribution in [1.82, 2.24) is 0 Å². The molecule has 22 heavy (non-hydrogen) atoms. The van der Waals surface area contributed by atoms with Crippen molar-refractivity contribution in [3.8, 4) is 0 Å². The van der Waals surface area contributed by atoms with E-state index in [1.165, 1.54) is 18.4 Å². The van der Waals surface area contributed by atoms with E-state index in [0.29, 0.717) is 34.8 Å². The van der Waals surface area contributed by atoms with Crippen molar-refractivity contribution >= 4 is 21.7 Å². The summed E-state index contributed by atoms with van der Waals surface area (Å²) in [5, 5.41) is 10.5. The van der Waals surface area contributed by atoms with Crippen LogP contribution in [0.2, 0.25) is 0 Å². The number of hydrogen-bond donors (Lipinski definition) is 1. The molecule has 4 rings (SSSR count). The Balaban J connectivity index is 1.73. The lowest BCUT2D eigenvalue weighted by Crippen LogP contribution is -2.53. The molecule has 4 aliphatic carbocycles. The van der Waals surface area contributed by atoms with Crippen LogP contribution >= 0.6 is 15.9 Å². The fraction of sp³-hybridized carbons (Fsp3) is 0.842. The molecular weight excluding hydrogens is 340 g/mol. The number of alkyl halides is 1. The van der Waals surface area contributed by atoms with Crippen molar-refractivity contribution in [2.24, 2.45) is 28.6 Å². The zero-order valence-electron chi connectivity index (χ0n) is 13.6. The van der Waals surface area contributed by atoms with Crippen LogP contribution in [0.1, 0.15) is 58.8 Å². The monoisotopic (exact) mass is 366 g/mol. The van der Waals surface area contributed by atoms with Gasteiger partial charge in [-0.1, -0.05) is 29.8 Å². The summed E-state index contributed by atoms with van der Waals surface area (Å²) in [6.45, 7) is 4.73. The van der Waals surface area contributed by atoms with Gasteiger partial charge >= 0.3 is 0 Å². The number of aliphatic hydroxyl groups excluding tert-OH is 1. The Kier molecular flexibility index (Phi) is 3.44. The number of carbonyl (C=O) groups is 1. The van der Waals surface area contributed by atoms with E-state index in [0.717, 1.165) is 25.7 Å². The highest BCUT2D eigenvalue weighted by atomic mass is 79.9. The van der Waals surface area contributed by atoms with Crippen LogP contribution in [0.3, 0.4) is 0 Å². The summed E-state index contributed by atoms with van der Waals surface area (Å²) >= 11 is 3.90. The fourth-order valence-electron chi connectivity index (χ4n) is 6.53. The number of allylic oxidation sites excluding steroid dienone is 1. The van der Waals surface area contributed by atoms with Gasteiger partial charge < -0.3 is 5.11 Å². The predicted octanol–water partition coefficient (Wildman–Crippen LogP) is 4.25. The van der Waals surface area contributed by atoms with Crippen LogP contribution in [0.4, 0.5) is 0 Å². The molecule has 0 radical (unpaired) electrons. The molecule has 1 N–H and O–H groups in total. The molecule has 3 fully saturated rings. The summed E-state index contributed by atoms with van der Waals surface area (Å²) in [6, 6.07) is 0. The van der Waals surface area contributed by atoms with Crippen molar-refractivity contribution < 1.29 is 9.90 Å². The van der Waals surface area contributed by atoms with E-state index in [4.69, 9.17) is 0 Å². The summed E-state index contributed by atoms with van der Waals surface area (Å²) in [4.78, 5) is 12.3. The molecule has 0 bridgehead atoms. The zero-order valence-corrected chi connectivity index (χ0v) is 15.2. The summed E-state index contributed by atoms with van der Waals surface area (Å²) < 4.78 is 0. The van der Waals surface area contributed by atoms with E-state index in [9.17, 15) is 9.90 Å². The molecule has 7 atom stereocenters. The largest absolute Gasteiger partial charge is 0.393 e. The normalized spacial score (nSPS) is 54.3.